The number of carbonyl (C=O) groups is 1. The predicted molar refractivity (Wildman–Crippen MR) is 140 cm³/mol. The Bertz CT molecular complexity index is 1400. The molecule has 0 fully saturated rings. The second-order valence-electron chi connectivity index (χ2n) is 8.97. The van der Waals surface area contributed by atoms with Gasteiger partial charge in [0.1, 0.15) is 5.52 Å². The van der Waals surface area contributed by atoms with Gasteiger partial charge in [0.25, 0.3) is 5.56 Å². The Balaban J connectivity index is 1.35. The van der Waals surface area contributed by atoms with Crippen molar-refractivity contribution < 1.29 is 14.3 Å². The zero-order valence-electron chi connectivity index (χ0n) is 21.2. The highest BCUT2D eigenvalue weighted by atomic mass is 16.5. The molecule has 2 aromatic heterocycles. The average Bonchev–Trinajstić information content (AvgIpc) is 3.33. The van der Waals surface area contributed by atoms with Crippen molar-refractivity contribution in [3.8, 4) is 22.8 Å². The van der Waals surface area contributed by atoms with Crippen LogP contribution in [0.3, 0.4) is 0 Å². The third-order valence-corrected chi connectivity index (χ3v) is 6.24. The zero-order valence-corrected chi connectivity index (χ0v) is 21.2. The summed E-state index contributed by atoms with van der Waals surface area (Å²) in [5.74, 6) is 1.67. The van der Waals surface area contributed by atoms with Gasteiger partial charge in [-0.25, -0.2) is 4.52 Å². The fourth-order valence-electron chi connectivity index (χ4n) is 4.07. The van der Waals surface area contributed by atoms with Crippen molar-refractivity contribution in [2.24, 2.45) is 0 Å². The fourth-order valence-corrected chi connectivity index (χ4v) is 4.07. The molecule has 4 rings (SSSR count). The Labute approximate surface area is 210 Å². The highest BCUT2D eigenvalue weighted by Gasteiger charge is 2.11. The third kappa shape index (κ3) is 5.59. The number of benzene rings is 2. The molecule has 2 aromatic carbocycles. The lowest BCUT2D eigenvalue weighted by Crippen LogP contribution is -2.29. The van der Waals surface area contributed by atoms with E-state index in [9.17, 15) is 9.59 Å². The van der Waals surface area contributed by atoms with Crippen LogP contribution in [-0.2, 0) is 17.8 Å². The van der Waals surface area contributed by atoms with Crippen LogP contribution in [0.5, 0.6) is 11.5 Å². The summed E-state index contributed by atoms with van der Waals surface area (Å²) in [5.41, 5.74) is 4.30. The highest BCUT2D eigenvalue weighted by Crippen LogP contribution is 2.27. The van der Waals surface area contributed by atoms with Gasteiger partial charge in [-0.2, -0.15) is 5.10 Å². The van der Waals surface area contributed by atoms with Gasteiger partial charge < -0.3 is 19.4 Å². The predicted octanol–water partition coefficient (Wildman–Crippen LogP) is 4.05. The number of carbonyl (C=O) groups excluding carboxylic acids is 1. The van der Waals surface area contributed by atoms with E-state index in [0.29, 0.717) is 42.4 Å². The Kier molecular flexibility index (Phi) is 7.73. The van der Waals surface area contributed by atoms with Gasteiger partial charge in [0.15, 0.2) is 11.5 Å². The number of hydrogen-bond donors (Lipinski definition) is 1. The van der Waals surface area contributed by atoms with Crippen molar-refractivity contribution in [1.29, 1.82) is 0 Å². The maximum Gasteiger partial charge on any atom is 0.276 e. The van der Waals surface area contributed by atoms with E-state index in [4.69, 9.17) is 9.47 Å². The number of nitrogens with zero attached hydrogens (tertiary/aromatic N) is 3. The van der Waals surface area contributed by atoms with Crippen molar-refractivity contribution in [2.75, 3.05) is 20.8 Å². The second kappa shape index (κ2) is 11.1. The maximum absolute atomic E-state index is 13.0. The number of methoxy groups -OCH3 is 2. The molecule has 0 saturated heterocycles. The molecule has 188 valence electrons. The number of ether oxygens (including phenoxy) is 2. The Morgan fingerprint density at radius 3 is 2.44 bits per heavy atom. The molecule has 8 heteroatoms. The van der Waals surface area contributed by atoms with Crippen LogP contribution < -0.4 is 20.3 Å². The largest absolute Gasteiger partial charge is 0.493 e. The molecule has 0 aliphatic heterocycles. The van der Waals surface area contributed by atoms with Gasteiger partial charge in [-0.1, -0.05) is 44.2 Å². The molecule has 36 heavy (non-hydrogen) atoms. The minimum Gasteiger partial charge on any atom is -0.493 e. The molecule has 8 nitrogen and oxygen atoms in total. The SMILES string of the molecule is COc1ccc(CCNC(=O)CCn2ccn3nc(-c4ccc(C(C)C)cc4)cc3c2=O)cc1OC. The molecule has 0 unspecified atom stereocenters. The van der Waals surface area contributed by atoms with Crippen molar-refractivity contribution in [1.82, 2.24) is 19.5 Å². The van der Waals surface area contributed by atoms with Gasteiger partial charge in [-0.3, -0.25) is 9.59 Å². The number of amides is 1. The number of fused-ring (bicyclic) bond motifs is 1. The summed E-state index contributed by atoms with van der Waals surface area (Å²) >= 11 is 0. The smallest absolute Gasteiger partial charge is 0.276 e. The molecule has 0 radical (unpaired) electrons. The number of hydrogen-bond acceptors (Lipinski definition) is 5. The van der Waals surface area contributed by atoms with Crippen molar-refractivity contribution >= 4 is 11.4 Å². The van der Waals surface area contributed by atoms with E-state index in [2.05, 4.69) is 36.4 Å². The molecule has 0 aliphatic rings. The highest BCUT2D eigenvalue weighted by molar-refractivity contribution is 5.75. The number of aryl methyl sites for hydroxylation is 1. The fraction of sp³-hybridized carbons (Fsp3) is 0.321. The standard InChI is InChI=1S/C28H32N4O4/c1-19(2)21-6-8-22(9-7-21)23-18-24-28(34)31(15-16-32(24)30-23)14-12-27(33)29-13-11-20-5-10-25(35-3)26(17-20)36-4/h5-10,15-19H,11-14H2,1-4H3,(H,29,33). The Morgan fingerprint density at radius 2 is 1.75 bits per heavy atom. The molecular formula is C28H32N4O4. The van der Waals surface area contributed by atoms with Gasteiger partial charge >= 0.3 is 0 Å². The van der Waals surface area contributed by atoms with E-state index in [0.717, 1.165) is 16.8 Å². The lowest BCUT2D eigenvalue weighted by molar-refractivity contribution is -0.121. The summed E-state index contributed by atoms with van der Waals surface area (Å²) in [4.78, 5) is 25.4. The first-order chi connectivity index (χ1) is 17.4. The van der Waals surface area contributed by atoms with Gasteiger partial charge in [0.05, 0.1) is 19.9 Å². The summed E-state index contributed by atoms with van der Waals surface area (Å²) in [7, 11) is 3.19. The first-order valence-corrected chi connectivity index (χ1v) is 12.1. The van der Waals surface area contributed by atoms with Crippen LogP contribution in [0.2, 0.25) is 0 Å². The molecule has 2 heterocycles. The molecule has 0 atom stereocenters. The summed E-state index contributed by atoms with van der Waals surface area (Å²) < 4.78 is 13.7. The molecule has 1 amide bonds. The molecule has 1 N–H and O–H groups in total. The van der Waals surface area contributed by atoms with E-state index in [1.165, 1.54) is 5.56 Å². The molecule has 0 bridgehead atoms. The van der Waals surface area contributed by atoms with E-state index >= 15 is 0 Å². The van der Waals surface area contributed by atoms with Crippen LogP contribution >= 0.6 is 0 Å². The number of rotatable bonds is 10. The van der Waals surface area contributed by atoms with Crippen LogP contribution in [0.25, 0.3) is 16.8 Å². The number of nitrogens with one attached hydrogen (secondary N) is 1. The van der Waals surface area contributed by atoms with Crippen molar-refractivity contribution in [3.05, 3.63) is 82.4 Å². The quantitative estimate of drug-likeness (QED) is 0.364. The van der Waals surface area contributed by atoms with E-state index < -0.39 is 0 Å². The molecule has 4 aromatic rings. The Morgan fingerprint density at radius 1 is 1.00 bits per heavy atom. The Hall–Kier alpha value is -4.07. The summed E-state index contributed by atoms with van der Waals surface area (Å²) in [6, 6.07) is 15.7. The first-order valence-electron chi connectivity index (χ1n) is 12.1. The lowest BCUT2D eigenvalue weighted by atomic mass is 10.0. The molecule has 0 saturated carbocycles. The topological polar surface area (TPSA) is 86.9 Å². The zero-order chi connectivity index (χ0) is 25.7. The first kappa shape index (κ1) is 25.0. The van der Waals surface area contributed by atoms with Gasteiger partial charge in [-0.05, 0) is 41.7 Å². The van der Waals surface area contributed by atoms with Crippen molar-refractivity contribution in [2.45, 2.75) is 39.2 Å². The monoisotopic (exact) mass is 488 g/mol. The van der Waals surface area contributed by atoms with Gasteiger partial charge in [0, 0.05) is 37.5 Å². The third-order valence-electron chi connectivity index (χ3n) is 6.24. The molecular weight excluding hydrogens is 456 g/mol. The van der Waals surface area contributed by atoms with E-state index in [1.54, 1.807) is 41.8 Å². The molecule has 0 aliphatic carbocycles. The summed E-state index contributed by atoms with van der Waals surface area (Å²) in [6.07, 6.45) is 4.29. The summed E-state index contributed by atoms with van der Waals surface area (Å²) in [6.45, 7) is 5.09. The van der Waals surface area contributed by atoms with Crippen LogP contribution in [0.1, 0.15) is 37.3 Å². The van der Waals surface area contributed by atoms with Crippen molar-refractivity contribution in [3.63, 3.8) is 0 Å². The second-order valence-corrected chi connectivity index (χ2v) is 8.97. The van der Waals surface area contributed by atoms with Gasteiger partial charge in [0.2, 0.25) is 5.91 Å². The van der Waals surface area contributed by atoms with Crippen LogP contribution in [0.4, 0.5) is 0 Å². The normalized spacial score (nSPS) is 11.1. The minimum absolute atomic E-state index is 0.110. The van der Waals surface area contributed by atoms with E-state index in [1.807, 2.05) is 30.3 Å². The maximum atomic E-state index is 13.0. The van der Waals surface area contributed by atoms with Gasteiger partial charge in [-0.15, -0.1) is 0 Å². The number of aromatic nitrogens is 3. The van der Waals surface area contributed by atoms with E-state index in [-0.39, 0.29) is 17.9 Å². The molecule has 0 spiro atoms. The van der Waals surface area contributed by atoms with Crippen LogP contribution in [0.15, 0.2) is 65.7 Å². The average molecular weight is 489 g/mol. The van der Waals surface area contributed by atoms with Crippen LogP contribution in [0, 0.1) is 0 Å². The summed E-state index contributed by atoms with van der Waals surface area (Å²) in [5, 5.41) is 7.47. The van der Waals surface area contributed by atoms with Crippen LogP contribution in [-0.4, -0.2) is 40.9 Å². The minimum atomic E-state index is -0.173. The lowest BCUT2D eigenvalue weighted by Gasteiger charge is -2.10.